The number of hydrogen-bond donors (Lipinski definition) is 2. The van der Waals surface area contributed by atoms with Crippen LogP contribution in [-0.2, 0) is 9.59 Å². The first-order chi connectivity index (χ1) is 13.2. The summed E-state index contributed by atoms with van der Waals surface area (Å²) in [4.78, 5) is 24.7. The highest BCUT2D eigenvalue weighted by Crippen LogP contribution is 2.67. The Morgan fingerprint density at radius 2 is 1.89 bits per heavy atom. The molecule has 0 radical (unpaired) electrons. The van der Waals surface area contributed by atoms with Crippen LogP contribution in [0.4, 0.5) is 0 Å². The van der Waals surface area contributed by atoms with Crippen LogP contribution in [0, 0.1) is 46.3 Å². The van der Waals surface area contributed by atoms with Gasteiger partial charge in [-0.15, -0.1) is 0 Å². The van der Waals surface area contributed by atoms with E-state index in [-0.39, 0.29) is 23.4 Å². The smallest absolute Gasteiger partial charge is 0.303 e. The first kappa shape index (κ1) is 20.4. The van der Waals surface area contributed by atoms with E-state index >= 15 is 0 Å². The molecule has 9 atom stereocenters. The lowest BCUT2D eigenvalue weighted by molar-refractivity contribution is -0.160. The van der Waals surface area contributed by atoms with E-state index in [0.717, 1.165) is 32.1 Å². The van der Waals surface area contributed by atoms with Gasteiger partial charge in [0.15, 0.2) is 0 Å². The van der Waals surface area contributed by atoms with E-state index in [1.165, 1.54) is 12.8 Å². The molecule has 4 saturated carbocycles. The van der Waals surface area contributed by atoms with Crippen molar-refractivity contribution >= 4 is 11.8 Å². The van der Waals surface area contributed by atoms with Crippen LogP contribution in [0.1, 0.15) is 85.0 Å². The van der Waals surface area contributed by atoms with Crippen molar-refractivity contribution in [3.63, 3.8) is 0 Å². The molecule has 28 heavy (non-hydrogen) atoms. The summed E-state index contributed by atoms with van der Waals surface area (Å²) in [7, 11) is 0. The Balaban J connectivity index is 1.57. The lowest BCUT2D eigenvalue weighted by Gasteiger charge is -2.60. The number of carboxylic acid groups (broad SMARTS) is 1. The fraction of sp³-hybridized carbons (Fsp3) is 0.917. The minimum atomic E-state index is -0.729. The van der Waals surface area contributed by atoms with E-state index in [2.05, 4.69) is 20.8 Å². The molecule has 4 aliphatic rings. The average molecular weight is 391 g/mol. The normalized spacial score (nSPS) is 49.1. The molecule has 4 aliphatic carbocycles. The number of carbonyl (C=O) groups excluding carboxylic acids is 1. The van der Waals surface area contributed by atoms with Gasteiger partial charge in [0.05, 0.1) is 6.10 Å². The molecule has 0 aromatic rings. The Morgan fingerprint density at radius 3 is 2.61 bits per heavy atom. The average Bonchev–Trinajstić information content (AvgIpc) is 3.00. The predicted octanol–water partition coefficient (Wildman–Crippen LogP) is 4.69. The van der Waals surface area contributed by atoms with Crippen molar-refractivity contribution < 1.29 is 19.8 Å². The molecule has 4 rings (SSSR count). The van der Waals surface area contributed by atoms with Gasteiger partial charge < -0.3 is 10.2 Å². The zero-order chi connectivity index (χ0) is 20.3. The van der Waals surface area contributed by atoms with Crippen LogP contribution in [-0.4, -0.2) is 28.1 Å². The molecule has 4 heteroatoms. The fourth-order valence-electron chi connectivity index (χ4n) is 8.44. The summed E-state index contributed by atoms with van der Waals surface area (Å²) in [5.74, 6) is 2.52. The summed E-state index contributed by atoms with van der Waals surface area (Å²) in [5.41, 5.74) is -0.0391. The maximum absolute atomic E-state index is 13.6. The fourth-order valence-corrected chi connectivity index (χ4v) is 8.44. The topological polar surface area (TPSA) is 74.6 Å². The van der Waals surface area contributed by atoms with Gasteiger partial charge in [-0.1, -0.05) is 20.8 Å². The van der Waals surface area contributed by atoms with Gasteiger partial charge in [-0.05, 0) is 92.3 Å². The van der Waals surface area contributed by atoms with Gasteiger partial charge in [-0.25, -0.2) is 0 Å². The largest absolute Gasteiger partial charge is 0.481 e. The highest BCUT2D eigenvalue weighted by molar-refractivity contribution is 5.87. The number of hydrogen-bond acceptors (Lipinski definition) is 3. The summed E-state index contributed by atoms with van der Waals surface area (Å²) >= 11 is 0. The summed E-state index contributed by atoms with van der Waals surface area (Å²) in [5, 5.41) is 19.3. The molecule has 0 aliphatic heterocycles. The van der Waals surface area contributed by atoms with Gasteiger partial charge in [0.2, 0.25) is 0 Å². The zero-order valence-corrected chi connectivity index (χ0v) is 17.8. The highest BCUT2D eigenvalue weighted by Gasteiger charge is 2.63. The number of fused-ring (bicyclic) bond motifs is 5. The summed E-state index contributed by atoms with van der Waals surface area (Å²) < 4.78 is 0. The van der Waals surface area contributed by atoms with E-state index in [1.807, 2.05) is 0 Å². The van der Waals surface area contributed by atoms with E-state index in [4.69, 9.17) is 5.11 Å². The van der Waals surface area contributed by atoms with Crippen LogP contribution < -0.4 is 0 Å². The molecule has 158 valence electrons. The van der Waals surface area contributed by atoms with Crippen LogP contribution in [0.25, 0.3) is 0 Å². The Kier molecular flexibility index (Phi) is 5.17. The molecule has 0 amide bonds. The highest BCUT2D eigenvalue weighted by atomic mass is 16.4. The number of carboxylic acids is 1. The van der Waals surface area contributed by atoms with Crippen molar-refractivity contribution in [2.75, 3.05) is 0 Å². The Hall–Kier alpha value is -0.900. The van der Waals surface area contributed by atoms with Gasteiger partial charge in [-0.3, -0.25) is 9.59 Å². The van der Waals surface area contributed by atoms with Gasteiger partial charge in [0.1, 0.15) is 5.78 Å². The quantitative estimate of drug-likeness (QED) is 0.730. The third-order valence-corrected chi connectivity index (χ3v) is 10.1. The van der Waals surface area contributed by atoms with Gasteiger partial charge in [-0.2, -0.15) is 0 Å². The van der Waals surface area contributed by atoms with Crippen molar-refractivity contribution in [1.29, 1.82) is 0 Å². The van der Waals surface area contributed by atoms with Crippen LogP contribution in [0.5, 0.6) is 0 Å². The van der Waals surface area contributed by atoms with Crippen molar-refractivity contribution in [2.45, 2.75) is 91.1 Å². The molecule has 2 N–H and O–H groups in total. The van der Waals surface area contributed by atoms with Crippen molar-refractivity contribution in [3.8, 4) is 0 Å². The Labute approximate surface area is 169 Å². The number of carbonyl (C=O) groups is 2. The molecule has 0 unspecified atom stereocenters. The maximum atomic E-state index is 13.6. The molecule has 0 aromatic carbocycles. The first-order valence-corrected chi connectivity index (χ1v) is 11.6. The number of ketones is 1. The number of Topliss-reactive ketones (excluding diaryl/α,β-unsaturated/α-hetero) is 1. The number of rotatable bonds is 4. The molecule has 0 bridgehead atoms. The Bertz CT molecular complexity index is 645. The third-order valence-electron chi connectivity index (χ3n) is 10.1. The van der Waals surface area contributed by atoms with Crippen molar-refractivity contribution in [1.82, 2.24) is 0 Å². The SMILES string of the molecule is C[C@@H](CCC(=O)O)[C@H]1CC[C@@H]2[C@@H]3CC[C@@H]4C[C@H](O)CC[C@]4(C)[C@H]3CC(=O)[C@@]21C. The second-order valence-electron chi connectivity index (χ2n) is 11.1. The number of aliphatic carboxylic acids is 1. The molecule has 0 saturated heterocycles. The van der Waals surface area contributed by atoms with E-state index in [9.17, 15) is 14.7 Å². The molecule has 4 nitrogen and oxygen atoms in total. The Morgan fingerprint density at radius 1 is 1.14 bits per heavy atom. The van der Waals surface area contributed by atoms with Gasteiger partial charge in [0.25, 0.3) is 0 Å². The molecule has 4 fully saturated rings. The standard InChI is InChI=1S/C24H38O4/c1-14(4-9-22(27)28)18-7-8-19-17-6-5-15-12-16(25)10-11-23(15,2)20(17)13-21(26)24(18,19)3/h14-20,25H,4-13H2,1-3H3,(H,27,28)/t14-,15+,16+,17-,18+,19+,20-,23-,24+/m0/s1. The van der Waals surface area contributed by atoms with Gasteiger partial charge >= 0.3 is 5.97 Å². The van der Waals surface area contributed by atoms with E-state index < -0.39 is 5.97 Å². The lowest BCUT2D eigenvalue weighted by Crippen LogP contribution is -2.57. The summed E-state index contributed by atoms with van der Waals surface area (Å²) in [6, 6.07) is 0. The van der Waals surface area contributed by atoms with Crippen molar-refractivity contribution in [2.24, 2.45) is 46.3 Å². The molecule has 0 aromatic heterocycles. The van der Waals surface area contributed by atoms with Crippen LogP contribution in [0.3, 0.4) is 0 Å². The van der Waals surface area contributed by atoms with Crippen LogP contribution >= 0.6 is 0 Å². The molecular formula is C24H38O4. The summed E-state index contributed by atoms with van der Waals surface area (Å²) in [6.07, 6.45) is 8.96. The predicted molar refractivity (Wildman–Crippen MR) is 108 cm³/mol. The monoisotopic (exact) mass is 390 g/mol. The molecular weight excluding hydrogens is 352 g/mol. The molecule has 0 spiro atoms. The minimum absolute atomic E-state index is 0.148. The second-order valence-corrected chi connectivity index (χ2v) is 11.1. The van der Waals surface area contributed by atoms with Crippen LogP contribution in [0.15, 0.2) is 0 Å². The van der Waals surface area contributed by atoms with Gasteiger partial charge in [0, 0.05) is 18.3 Å². The third kappa shape index (κ3) is 2.97. The zero-order valence-electron chi connectivity index (χ0n) is 17.8. The maximum Gasteiger partial charge on any atom is 0.303 e. The number of aliphatic hydroxyl groups excluding tert-OH is 1. The minimum Gasteiger partial charge on any atom is -0.481 e. The van der Waals surface area contributed by atoms with Crippen molar-refractivity contribution in [3.05, 3.63) is 0 Å². The molecule has 0 heterocycles. The first-order valence-electron chi connectivity index (χ1n) is 11.6. The van der Waals surface area contributed by atoms with Crippen LogP contribution in [0.2, 0.25) is 0 Å². The second kappa shape index (κ2) is 7.11. The number of aliphatic hydroxyl groups is 1. The van der Waals surface area contributed by atoms with E-state index in [0.29, 0.717) is 54.1 Å². The van der Waals surface area contributed by atoms with E-state index in [1.54, 1.807) is 0 Å². The summed E-state index contributed by atoms with van der Waals surface area (Å²) in [6.45, 7) is 6.81. The lowest BCUT2D eigenvalue weighted by atomic mass is 9.44.